The molecule has 0 saturated heterocycles. The number of carbonyl (C=O) groups is 1. The largest absolute Gasteiger partial charge is 0.294 e. The molecule has 0 unspecified atom stereocenters. The van der Waals surface area contributed by atoms with Crippen molar-refractivity contribution in [3.05, 3.63) is 45.8 Å². The molecule has 0 radical (unpaired) electrons. The summed E-state index contributed by atoms with van der Waals surface area (Å²) in [5.41, 5.74) is 1.45. The number of benzene rings is 1. The molecule has 2 nitrogen and oxygen atoms in total. The molecule has 2 aromatic rings. The lowest BCUT2D eigenvalue weighted by molar-refractivity contribution is 0.102. The minimum Gasteiger partial charge on any atom is -0.294 e. The smallest absolute Gasteiger partial charge is 0.169 e. The minimum absolute atomic E-state index is 0.000382. The number of rotatable bonds is 2. The van der Waals surface area contributed by atoms with Gasteiger partial charge in [-0.15, -0.1) is 11.3 Å². The van der Waals surface area contributed by atoms with Gasteiger partial charge in [-0.1, -0.05) is 23.7 Å². The maximum absolute atomic E-state index is 11.3. The lowest BCUT2D eigenvalue weighted by Gasteiger charge is -1.98. The number of Topliss-reactive ketones (excluding diaryl/α,β-unsaturated/α-hetero) is 1. The van der Waals surface area contributed by atoms with Crippen molar-refractivity contribution in [3.63, 3.8) is 0 Å². The summed E-state index contributed by atoms with van der Waals surface area (Å²) in [6.07, 6.45) is 0. The molecule has 0 bridgehead atoms. The van der Waals surface area contributed by atoms with Gasteiger partial charge < -0.3 is 0 Å². The number of nitrogens with zero attached hydrogens (tertiary/aromatic N) is 1. The van der Waals surface area contributed by atoms with Crippen LogP contribution < -0.4 is 0 Å². The molecular weight excluding hydrogens is 254 g/mol. The van der Waals surface area contributed by atoms with E-state index in [1.807, 2.05) is 6.07 Å². The fourth-order valence-corrected chi connectivity index (χ4v) is 2.81. The van der Waals surface area contributed by atoms with E-state index in [-0.39, 0.29) is 5.78 Å². The van der Waals surface area contributed by atoms with Gasteiger partial charge in [-0.05, 0) is 30.7 Å². The second kappa shape index (κ2) is 4.70. The van der Waals surface area contributed by atoms with Crippen molar-refractivity contribution >= 4 is 28.7 Å². The third kappa shape index (κ3) is 2.38. The topological polar surface area (TPSA) is 40.9 Å². The molecule has 0 saturated carbocycles. The summed E-state index contributed by atoms with van der Waals surface area (Å²) in [4.78, 5) is 12.7. The molecule has 0 fully saturated rings. The first kappa shape index (κ1) is 11.8. The number of carbonyl (C=O) groups excluding carboxylic acids is 1. The summed E-state index contributed by atoms with van der Waals surface area (Å²) < 4.78 is 0. The molecule has 1 aromatic heterocycles. The zero-order chi connectivity index (χ0) is 12.4. The van der Waals surface area contributed by atoms with Crippen LogP contribution in [0.4, 0.5) is 0 Å². The van der Waals surface area contributed by atoms with Gasteiger partial charge in [0.1, 0.15) is 0 Å². The lowest BCUT2D eigenvalue weighted by atomic mass is 10.1. The van der Waals surface area contributed by atoms with Gasteiger partial charge in [0.2, 0.25) is 0 Å². The first-order chi connectivity index (χ1) is 8.11. The molecule has 1 heterocycles. The number of hydrogen-bond acceptors (Lipinski definition) is 3. The Morgan fingerprint density at radius 2 is 2.18 bits per heavy atom. The first-order valence-electron chi connectivity index (χ1n) is 4.92. The predicted molar refractivity (Wildman–Crippen MR) is 69.5 cm³/mol. The van der Waals surface area contributed by atoms with Gasteiger partial charge in [-0.25, -0.2) is 0 Å². The van der Waals surface area contributed by atoms with Gasteiger partial charge in [0.05, 0.1) is 26.4 Å². The van der Waals surface area contributed by atoms with Gasteiger partial charge in [0.15, 0.2) is 5.78 Å². The van der Waals surface area contributed by atoms with Gasteiger partial charge in [-0.3, -0.25) is 4.79 Å². The summed E-state index contributed by atoms with van der Waals surface area (Å²) in [5, 5.41) is 9.39. The van der Waals surface area contributed by atoms with Gasteiger partial charge in [0, 0.05) is 0 Å². The monoisotopic (exact) mass is 261 g/mol. The zero-order valence-corrected chi connectivity index (χ0v) is 10.6. The molecule has 0 aliphatic carbocycles. The number of halogens is 1. The minimum atomic E-state index is -0.000382. The van der Waals surface area contributed by atoms with Gasteiger partial charge in [-0.2, -0.15) is 5.26 Å². The van der Waals surface area contributed by atoms with E-state index < -0.39 is 0 Å². The normalized spacial score (nSPS) is 9.94. The second-order valence-electron chi connectivity index (χ2n) is 3.54. The Labute approximate surface area is 108 Å². The van der Waals surface area contributed by atoms with Crippen LogP contribution in [0, 0.1) is 11.3 Å². The van der Waals surface area contributed by atoms with Gasteiger partial charge >= 0.3 is 0 Å². The highest BCUT2D eigenvalue weighted by Crippen LogP contribution is 2.36. The Bertz CT molecular complexity index is 625. The Hall–Kier alpha value is -1.63. The molecule has 0 N–H and O–H groups in total. The third-order valence-corrected chi connectivity index (χ3v) is 3.98. The number of ketones is 1. The van der Waals surface area contributed by atoms with Crippen LogP contribution >= 0.6 is 22.9 Å². The van der Waals surface area contributed by atoms with Crippen LogP contribution in [-0.2, 0) is 0 Å². The average Bonchev–Trinajstić information content (AvgIpc) is 2.72. The van der Waals surface area contributed by atoms with Crippen LogP contribution in [0.2, 0.25) is 5.02 Å². The average molecular weight is 262 g/mol. The van der Waals surface area contributed by atoms with Crippen molar-refractivity contribution in [1.29, 1.82) is 5.26 Å². The second-order valence-corrected chi connectivity index (χ2v) is 5.00. The molecule has 1 aromatic carbocycles. The van der Waals surface area contributed by atoms with E-state index in [1.165, 1.54) is 18.3 Å². The van der Waals surface area contributed by atoms with Crippen LogP contribution in [0.3, 0.4) is 0 Å². The van der Waals surface area contributed by atoms with E-state index in [1.54, 1.807) is 24.3 Å². The highest BCUT2D eigenvalue weighted by atomic mass is 35.5. The Morgan fingerprint density at radius 1 is 1.41 bits per heavy atom. The molecular formula is C13H8ClNOS. The summed E-state index contributed by atoms with van der Waals surface area (Å²) in [5.74, 6) is -0.000382. The standard InChI is InChI=1S/C13H8ClNOS/c1-8(16)12-6-11(14)13(17-12)10-4-2-3-9(5-10)7-15/h2-6H,1H3. The summed E-state index contributed by atoms with van der Waals surface area (Å²) >= 11 is 7.44. The molecule has 4 heteroatoms. The van der Waals surface area contributed by atoms with Crippen LogP contribution in [0.25, 0.3) is 10.4 Å². The van der Waals surface area contributed by atoms with Crippen molar-refractivity contribution < 1.29 is 4.79 Å². The zero-order valence-electron chi connectivity index (χ0n) is 9.03. The van der Waals surface area contributed by atoms with Gasteiger partial charge in [0.25, 0.3) is 0 Å². The quantitative estimate of drug-likeness (QED) is 0.762. The van der Waals surface area contributed by atoms with Crippen molar-refractivity contribution in [3.8, 4) is 16.5 Å². The maximum atomic E-state index is 11.3. The number of nitriles is 1. The molecule has 84 valence electrons. The van der Waals surface area contributed by atoms with Crippen molar-refractivity contribution in [2.75, 3.05) is 0 Å². The van der Waals surface area contributed by atoms with E-state index in [9.17, 15) is 4.79 Å². The Morgan fingerprint density at radius 3 is 2.76 bits per heavy atom. The lowest BCUT2D eigenvalue weighted by Crippen LogP contribution is -1.83. The fraction of sp³-hybridized carbons (Fsp3) is 0.0769. The van der Waals surface area contributed by atoms with Crippen LogP contribution in [0.5, 0.6) is 0 Å². The third-order valence-electron chi connectivity index (χ3n) is 2.29. The summed E-state index contributed by atoms with van der Waals surface area (Å²) in [7, 11) is 0. The highest BCUT2D eigenvalue weighted by molar-refractivity contribution is 7.18. The molecule has 17 heavy (non-hydrogen) atoms. The first-order valence-corrected chi connectivity index (χ1v) is 6.12. The molecule has 0 aliphatic heterocycles. The van der Waals surface area contributed by atoms with E-state index >= 15 is 0 Å². The van der Waals surface area contributed by atoms with Crippen molar-refractivity contribution in [2.45, 2.75) is 6.92 Å². The molecule has 2 rings (SSSR count). The van der Waals surface area contributed by atoms with Crippen LogP contribution in [0.15, 0.2) is 30.3 Å². The fourth-order valence-electron chi connectivity index (χ4n) is 1.47. The van der Waals surface area contributed by atoms with E-state index in [0.29, 0.717) is 15.5 Å². The maximum Gasteiger partial charge on any atom is 0.169 e. The van der Waals surface area contributed by atoms with E-state index in [4.69, 9.17) is 16.9 Å². The molecule has 0 spiro atoms. The van der Waals surface area contributed by atoms with E-state index in [2.05, 4.69) is 6.07 Å². The number of hydrogen-bond donors (Lipinski definition) is 0. The van der Waals surface area contributed by atoms with Crippen molar-refractivity contribution in [2.24, 2.45) is 0 Å². The summed E-state index contributed by atoms with van der Waals surface area (Å²) in [6.45, 7) is 1.51. The number of thiophene rings is 1. The Balaban J connectivity index is 2.53. The highest BCUT2D eigenvalue weighted by Gasteiger charge is 2.12. The molecule has 0 aliphatic rings. The van der Waals surface area contributed by atoms with Crippen LogP contribution in [-0.4, -0.2) is 5.78 Å². The Kier molecular flexibility index (Phi) is 3.28. The van der Waals surface area contributed by atoms with Crippen molar-refractivity contribution in [1.82, 2.24) is 0 Å². The molecule has 0 amide bonds. The van der Waals surface area contributed by atoms with Crippen LogP contribution in [0.1, 0.15) is 22.2 Å². The predicted octanol–water partition coefficient (Wildman–Crippen LogP) is 4.14. The molecule has 0 atom stereocenters. The van der Waals surface area contributed by atoms with E-state index in [0.717, 1.165) is 10.4 Å². The summed E-state index contributed by atoms with van der Waals surface area (Å²) in [6, 6.07) is 10.9. The SMILES string of the molecule is CC(=O)c1cc(Cl)c(-c2cccc(C#N)c2)s1.